The molecule has 2 aromatic carbocycles. The first-order valence-corrected chi connectivity index (χ1v) is 6.89. The maximum atomic E-state index is 11.7. The minimum atomic E-state index is -0.515. The van der Waals surface area contributed by atoms with Crippen molar-refractivity contribution < 1.29 is 14.3 Å². The number of ketones is 1. The number of hydrogen-bond acceptors (Lipinski definition) is 3. The summed E-state index contributed by atoms with van der Waals surface area (Å²) in [5, 5.41) is 2.64. The van der Waals surface area contributed by atoms with Crippen LogP contribution in [0.25, 0.3) is 0 Å². The number of benzene rings is 2. The molecule has 112 valence electrons. The van der Waals surface area contributed by atoms with Crippen LogP contribution in [0.2, 0.25) is 0 Å². The van der Waals surface area contributed by atoms with E-state index >= 15 is 0 Å². The summed E-state index contributed by atoms with van der Waals surface area (Å²) in [6.07, 6.45) is 1.09. The van der Waals surface area contributed by atoms with Crippen LogP contribution in [0.4, 0.5) is 10.5 Å². The normalized spacial score (nSPS) is 9.82. The third kappa shape index (κ3) is 4.90. The van der Waals surface area contributed by atoms with Crippen LogP contribution in [-0.2, 0) is 22.6 Å². The monoisotopic (exact) mass is 295 g/mol. The van der Waals surface area contributed by atoms with E-state index in [9.17, 15) is 9.59 Å². The first-order chi connectivity index (χ1) is 10.7. The number of allylic oxidation sites excluding steroid dienone is 1. The molecular formula is C18H17NO3. The summed E-state index contributed by atoms with van der Waals surface area (Å²) in [6.45, 7) is 3.66. The summed E-state index contributed by atoms with van der Waals surface area (Å²) in [7, 11) is 0. The Balaban J connectivity index is 1.84. The Kier molecular flexibility index (Phi) is 5.49. The molecule has 0 aliphatic carbocycles. The second kappa shape index (κ2) is 7.78. The number of anilines is 1. The molecule has 2 rings (SSSR count). The zero-order chi connectivity index (χ0) is 15.8. The smallest absolute Gasteiger partial charge is 0.411 e. The molecule has 22 heavy (non-hydrogen) atoms. The maximum absolute atomic E-state index is 11.7. The van der Waals surface area contributed by atoms with Crippen molar-refractivity contribution in [3.05, 3.63) is 78.4 Å². The van der Waals surface area contributed by atoms with Crippen molar-refractivity contribution in [1.82, 2.24) is 0 Å². The summed E-state index contributed by atoms with van der Waals surface area (Å²) in [5.74, 6) is -0.0389. The maximum Gasteiger partial charge on any atom is 0.411 e. The molecular weight excluding hydrogens is 278 g/mol. The lowest BCUT2D eigenvalue weighted by atomic mass is 10.1. The van der Waals surface area contributed by atoms with Crippen molar-refractivity contribution in [3.63, 3.8) is 0 Å². The standard InChI is InChI=1S/C18H17NO3/c1-2-17(20)12-14-8-10-16(11-9-14)19-18(21)22-13-15-6-4-3-5-7-15/h2-11H,1,12-13H2,(H,19,21). The van der Waals surface area contributed by atoms with E-state index < -0.39 is 6.09 Å². The minimum absolute atomic E-state index is 0.0389. The fourth-order valence-electron chi connectivity index (χ4n) is 1.86. The van der Waals surface area contributed by atoms with Gasteiger partial charge in [-0.15, -0.1) is 0 Å². The number of amides is 1. The zero-order valence-corrected chi connectivity index (χ0v) is 12.1. The summed E-state index contributed by atoms with van der Waals surface area (Å²) >= 11 is 0. The lowest BCUT2D eigenvalue weighted by molar-refractivity contribution is -0.114. The molecule has 0 radical (unpaired) electrons. The van der Waals surface area contributed by atoms with E-state index in [1.165, 1.54) is 6.08 Å². The van der Waals surface area contributed by atoms with E-state index in [0.29, 0.717) is 12.1 Å². The quantitative estimate of drug-likeness (QED) is 0.826. The van der Waals surface area contributed by atoms with E-state index in [-0.39, 0.29) is 12.4 Å². The number of nitrogens with one attached hydrogen (secondary N) is 1. The van der Waals surface area contributed by atoms with Gasteiger partial charge in [-0.1, -0.05) is 49.0 Å². The van der Waals surface area contributed by atoms with Crippen LogP contribution in [0.1, 0.15) is 11.1 Å². The predicted molar refractivity (Wildman–Crippen MR) is 85.6 cm³/mol. The molecule has 1 amide bonds. The fraction of sp³-hybridized carbons (Fsp3) is 0.111. The van der Waals surface area contributed by atoms with E-state index in [0.717, 1.165) is 11.1 Å². The highest BCUT2D eigenvalue weighted by Crippen LogP contribution is 2.11. The number of carbonyl (C=O) groups excluding carboxylic acids is 2. The molecule has 4 heteroatoms. The van der Waals surface area contributed by atoms with E-state index in [4.69, 9.17) is 4.74 Å². The summed E-state index contributed by atoms with van der Waals surface area (Å²) in [6, 6.07) is 16.5. The molecule has 0 unspecified atom stereocenters. The molecule has 0 heterocycles. The van der Waals surface area contributed by atoms with Crippen LogP contribution in [0.3, 0.4) is 0 Å². The number of ether oxygens (including phenoxy) is 1. The predicted octanol–water partition coefficient (Wildman–Crippen LogP) is 3.73. The van der Waals surface area contributed by atoms with Gasteiger partial charge in [0.2, 0.25) is 0 Å². The van der Waals surface area contributed by atoms with E-state index in [1.54, 1.807) is 24.3 Å². The average Bonchev–Trinajstić information content (AvgIpc) is 2.55. The molecule has 0 fully saturated rings. The number of carbonyl (C=O) groups is 2. The van der Waals surface area contributed by atoms with Gasteiger partial charge in [0.25, 0.3) is 0 Å². The van der Waals surface area contributed by atoms with Crippen molar-refractivity contribution >= 4 is 17.6 Å². The summed E-state index contributed by atoms with van der Waals surface area (Å²) in [4.78, 5) is 23.0. The highest BCUT2D eigenvalue weighted by molar-refractivity contribution is 5.91. The van der Waals surface area contributed by atoms with Crippen LogP contribution < -0.4 is 5.32 Å². The highest BCUT2D eigenvalue weighted by atomic mass is 16.5. The second-order valence-corrected chi connectivity index (χ2v) is 4.73. The van der Waals surface area contributed by atoms with Crippen LogP contribution in [0.15, 0.2) is 67.3 Å². The molecule has 1 N–H and O–H groups in total. The van der Waals surface area contributed by atoms with Gasteiger partial charge < -0.3 is 4.74 Å². The molecule has 0 atom stereocenters. The molecule has 0 saturated carbocycles. The Bertz CT molecular complexity index is 648. The zero-order valence-electron chi connectivity index (χ0n) is 12.1. The van der Waals surface area contributed by atoms with Gasteiger partial charge in [0.15, 0.2) is 5.78 Å². The van der Waals surface area contributed by atoms with Crippen molar-refractivity contribution in [2.24, 2.45) is 0 Å². The third-order valence-corrected chi connectivity index (χ3v) is 3.02. The molecule has 2 aromatic rings. The van der Waals surface area contributed by atoms with Gasteiger partial charge in [-0.2, -0.15) is 0 Å². The SMILES string of the molecule is C=CC(=O)Cc1ccc(NC(=O)OCc2ccccc2)cc1. The topological polar surface area (TPSA) is 55.4 Å². The van der Waals surface area contributed by atoms with Crippen molar-refractivity contribution in [2.75, 3.05) is 5.32 Å². The molecule has 0 bridgehead atoms. The van der Waals surface area contributed by atoms with Crippen LogP contribution in [0.5, 0.6) is 0 Å². The highest BCUT2D eigenvalue weighted by Gasteiger charge is 2.04. The van der Waals surface area contributed by atoms with Crippen LogP contribution >= 0.6 is 0 Å². The molecule has 0 saturated heterocycles. The summed E-state index contributed by atoms with van der Waals surface area (Å²) in [5.41, 5.74) is 2.41. The van der Waals surface area contributed by atoms with Crippen molar-refractivity contribution in [1.29, 1.82) is 0 Å². The number of hydrogen-bond donors (Lipinski definition) is 1. The summed E-state index contributed by atoms with van der Waals surface area (Å²) < 4.78 is 5.13. The first kappa shape index (κ1) is 15.5. The van der Waals surface area contributed by atoms with Gasteiger partial charge in [-0.3, -0.25) is 10.1 Å². The molecule has 0 aliphatic heterocycles. The average molecular weight is 295 g/mol. The molecule has 0 aromatic heterocycles. The Hall–Kier alpha value is -2.88. The Morgan fingerprint density at radius 3 is 2.32 bits per heavy atom. The van der Waals surface area contributed by atoms with Gasteiger partial charge in [-0.25, -0.2) is 4.79 Å². The first-order valence-electron chi connectivity index (χ1n) is 6.89. The minimum Gasteiger partial charge on any atom is -0.444 e. The second-order valence-electron chi connectivity index (χ2n) is 4.73. The third-order valence-electron chi connectivity index (χ3n) is 3.02. The van der Waals surface area contributed by atoms with Crippen LogP contribution in [-0.4, -0.2) is 11.9 Å². The van der Waals surface area contributed by atoms with Gasteiger partial charge in [-0.05, 0) is 29.3 Å². The number of rotatable bonds is 6. The van der Waals surface area contributed by atoms with Gasteiger partial charge in [0, 0.05) is 12.1 Å². The van der Waals surface area contributed by atoms with Crippen molar-refractivity contribution in [3.8, 4) is 0 Å². The van der Waals surface area contributed by atoms with Crippen molar-refractivity contribution in [2.45, 2.75) is 13.0 Å². The lowest BCUT2D eigenvalue weighted by Crippen LogP contribution is -2.13. The van der Waals surface area contributed by atoms with E-state index in [1.807, 2.05) is 30.3 Å². The Morgan fingerprint density at radius 1 is 1.00 bits per heavy atom. The molecule has 4 nitrogen and oxygen atoms in total. The fourth-order valence-corrected chi connectivity index (χ4v) is 1.86. The molecule has 0 aliphatic rings. The Labute approximate surface area is 129 Å². The van der Waals surface area contributed by atoms with Gasteiger partial charge in [0.1, 0.15) is 6.61 Å². The molecule has 0 spiro atoms. The van der Waals surface area contributed by atoms with Gasteiger partial charge in [0.05, 0.1) is 0 Å². The largest absolute Gasteiger partial charge is 0.444 e. The van der Waals surface area contributed by atoms with Gasteiger partial charge >= 0.3 is 6.09 Å². The van der Waals surface area contributed by atoms with Crippen LogP contribution in [0, 0.1) is 0 Å². The Morgan fingerprint density at radius 2 is 1.68 bits per heavy atom. The lowest BCUT2D eigenvalue weighted by Gasteiger charge is -2.07. The van der Waals surface area contributed by atoms with E-state index in [2.05, 4.69) is 11.9 Å².